The molecule has 1 amide bonds. The average Bonchev–Trinajstić information content (AvgIpc) is 2.73. The Kier molecular flexibility index (Phi) is 5.43. The Labute approximate surface area is 167 Å². The number of aryl methyl sites for hydroxylation is 1. The minimum absolute atomic E-state index is 0.160. The molecule has 1 aromatic carbocycles. The number of aromatic nitrogens is 2. The summed E-state index contributed by atoms with van der Waals surface area (Å²) >= 11 is 0. The molecule has 5 nitrogen and oxygen atoms in total. The first-order chi connectivity index (χ1) is 13.9. The SMILES string of the molecule is O=C(Nc1cccc(C(F)(F)F)c1)[C@@H]1CCc2nc(N3CCCCC3)ncc2C1. The minimum Gasteiger partial charge on any atom is -0.341 e. The summed E-state index contributed by atoms with van der Waals surface area (Å²) in [6, 6.07) is 4.72. The van der Waals surface area contributed by atoms with Crippen molar-refractivity contribution in [3.8, 4) is 0 Å². The highest BCUT2D eigenvalue weighted by molar-refractivity contribution is 5.93. The van der Waals surface area contributed by atoms with Gasteiger partial charge < -0.3 is 10.2 Å². The normalized spacial score (nSPS) is 19.6. The fourth-order valence-electron chi connectivity index (χ4n) is 3.98. The van der Waals surface area contributed by atoms with Crippen LogP contribution in [0.15, 0.2) is 30.5 Å². The summed E-state index contributed by atoms with van der Waals surface area (Å²) in [6.07, 6.45) is 2.69. The lowest BCUT2D eigenvalue weighted by Crippen LogP contribution is -2.32. The minimum atomic E-state index is -4.44. The third-order valence-electron chi connectivity index (χ3n) is 5.60. The zero-order chi connectivity index (χ0) is 20.4. The maximum Gasteiger partial charge on any atom is 0.416 e. The van der Waals surface area contributed by atoms with Gasteiger partial charge >= 0.3 is 6.18 Å². The van der Waals surface area contributed by atoms with Gasteiger partial charge in [0.05, 0.1) is 5.56 Å². The molecule has 8 heteroatoms. The van der Waals surface area contributed by atoms with Crippen molar-refractivity contribution in [3.63, 3.8) is 0 Å². The Morgan fingerprint density at radius 3 is 2.72 bits per heavy atom. The first kappa shape index (κ1) is 19.7. The number of benzene rings is 1. The second-order valence-electron chi connectivity index (χ2n) is 7.70. The van der Waals surface area contributed by atoms with Gasteiger partial charge in [0.15, 0.2) is 0 Å². The van der Waals surface area contributed by atoms with Crippen molar-refractivity contribution in [2.45, 2.75) is 44.7 Å². The highest BCUT2D eigenvalue weighted by Crippen LogP contribution is 2.31. The average molecular weight is 404 g/mol. The number of halogens is 3. The fraction of sp³-hybridized carbons (Fsp3) is 0.476. The predicted octanol–water partition coefficient (Wildman–Crippen LogP) is 4.23. The molecule has 1 aliphatic heterocycles. The van der Waals surface area contributed by atoms with E-state index in [0.717, 1.165) is 55.3 Å². The molecule has 1 atom stereocenters. The number of piperidine rings is 1. The predicted molar refractivity (Wildman–Crippen MR) is 104 cm³/mol. The topological polar surface area (TPSA) is 58.1 Å². The van der Waals surface area contributed by atoms with Crippen LogP contribution in [0.1, 0.15) is 42.5 Å². The fourth-order valence-corrected chi connectivity index (χ4v) is 3.98. The summed E-state index contributed by atoms with van der Waals surface area (Å²) in [4.78, 5) is 24.0. The van der Waals surface area contributed by atoms with Gasteiger partial charge in [-0.3, -0.25) is 4.79 Å². The highest BCUT2D eigenvalue weighted by Gasteiger charge is 2.31. The number of carbonyl (C=O) groups excluding carboxylic acids is 1. The molecule has 0 unspecified atom stereocenters. The van der Waals surface area contributed by atoms with E-state index in [1.165, 1.54) is 18.6 Å². The number of nitrogens with one attached hydrogen (secondary N) is 1. The van der Waals surface area contributed by atoms with Crippen LogP contribution in [-0.4, -0.2) is 29.0 Å². The molecule has 2 aliphatic rings. The molecule has 1 fully saturated rings. The van der Waals surface area contributed by atoms with E-state index < -0.39 is 11.7 Å². The first-order valence-corrected chi connectivity index (χ1v) is 9.98. The number of fused-ring (bicyclic) bond motifs is 1. The molecular formula is C21H23F3N4O. The van der Waals surface area contributed by atoms with E-state index in [1.54, 1.807) is 6.20 Å². The van der Waals surface area contributed by atoms with Gasteiger partial charge in [-0.05, 0) is 62.3 Å². The number of anilines is 2. The van der Waals surface area contributed by atoms with E-state index in [4.69, 9.17) is 4.98 Å². The molecule has 0 spiro atoms. The van der Waals surface area contributed by atoms with E-state index in [0.29, 0.717) is 19.3 Å². The Bertz CT molecular complexity index is 894. The summed E-state index contributed by atoms with van der Waals surface area (Å²) in [7, 11) is 0. The van der Waals surface area contributed by atoms with E-state index in [-0.39, 0.29) is 17.5 Å². The summed E-state index contributed by atoms with van der Waals surface area (Å²) in [5.74, 6) is 0.187. The van der Waals surface area contributed by atoms with Gasteiger partial charge in [0.1, 0.15) is 0 Å². The third-order valence-corrected chi connectivity index (χ3v) is 5.60. The van der Waals surface area contributed by atoms with E-state index in [9.17, 15) is 18.0 Å². The summed E-state index contributed by atoms with van der Waals surface area (Å²) < 4.78 is 38.6. The van der Waals surface area contributed by atoms with Crippen LogP contribution in [-0.2, 0) is 23.8 Å². The number of nitrogens with zero attached hydrogens (tertiary/aromatic N) is 3. The molecule has 0 radical (unpaired) electrons. The van der Waals surface area contributed by atoms with Crippen molar-refractivity contribution in [3.05, 3.63) is 47.3 Å². The molecule has 2 aromatic rings. The van der Waals surface area contributed by atoms with Crippen LogP contribution in [0, 0.1) is 5.92 Å². The largest absolute Gasteiger partial charge is 0.416 e. The van der Waals surface area contributed by atoms with E-state index >= 15 is 0 Å². The Morgan fingerprint density at radius 1 is 1.17 bits per heavy atom. The van der Waals surface area contributed by atoms with Crippen molar-refractivity contribution < 1.29 is 18.0 Å². The Hall–Kier alpha value is -2.64. The molecule has 0 saturated carbocycles. The molecule has 1 aliphatic carbocycles. The van der Waals surface area contributed by atoms with Gasteiger partial charge in [-0.2, -0.15) is 13.2 Å². The lowest BCUT2D eigenvalue weighted by molar-refractivity contribution is -0.137. The summed E-state index contributed by atoms with van der Waals surface area (Å²) in [5.41, 5.74) is 1.31. The number of alkyl halides is 3. The van der Waals surface area contributed by atoms with Crippen molar-refractivity contribution in [1.29, 1.82) is 0 Å². The molecule has 2 heterocycles. The van der Waals surface area contributed by atoms with Gasteiger partial charge in [0.2, 0.25) is 11.9 Å². The number of amides is 1. The lowest BCUT2D eigenvalue weighted by Gasteiger charge is -2.28. The smallest absolute Gasteiger partial charge is 0.341 e. The molecule has 1 aromatic heterocycles. The highest BCUT2D eigenvalue weighted by atomic mass is 19.4. The molecule has 0 bridgehead atoms. The second-order valence-corrected chi connectivity index (χ2v) is 7.70. The van der Waals surface area contributed by atoms with Crippen LogP contribution >= 0.6 is 0 Å². The monoisotopic (exact) mass is 404 g/mol. The molecule has 1 saturated heterocycles. The number of hydrogen-bond donors (Lipinski definition) is 1. The van der Waals surface area contributed by atoms with Crippen LogP contribution in [0.5, 0.6) is 0 Å². The van der Waals surface area contributed by atoms with Crippen LogP contribution in [0.2, 0.25) is 0 Å². The van der Waals surface area contributed by atoms with E-state index in [1.807, 2.05) is 0 Å². The zero-order valence-corrected chi connectivity index (χ0v) is 16.0. The number of carbonyl (C=O) groups is 1. The van der Waals surface area contributed by atoms with Gasteiger partial charge in [0, 0.05) is 36.6 Å². The molecule has 4 rings (SSSR count). The lowest BCUT2D eigenvalue weighted by atomic mass is 9.86. The van der Waals surface area contributed by atoms with Gasteiger partial charge in [-0.25, -0.2) is 9.97 Å². The Morgan fingerprint density at radius 2 is 1.97 bits per heavy atom. The van der Waals surface area contributed by atoms with Crippen molar-refractivity contribution in [1.82, 2.24) is 9.97 Å². The standard InChI is InChI=1S/C21H23F3N4O/c22-21(23,24)16-5-4-6-17(12-16)26-19(29)14-7-8-18-15(11-14)13-25-20(27-18)28-9-2-1-3-10-28/h4-6,12-14H,1-3,7-11H2,(H,26,29)/t14-/m1/s1. The summed E-state index contributed by atoms with van der Waals surface area (Å²) in [6.45, 7) is 1.95. The van der Waals surface area contributed by atoms with Crippen LogP contribution in [0.25, 0.3) is 0 Å². The van der Waals surface area contributed by atoms with Gasteiger partial charge in [-0.1, -0.05) is 6.07 Å². The molecule has 1 N–H and O–H groups in total. The first-order valence-electron chi connectivity index (χ1n) is 9.98. The zero-order valence-electron chi connectivity index (χ0n) is 16.0. The maximum atomic E-state index is 12.9. The molecule has 29 heavy (non-hydrogen) atoms. The van der Waals surface area contributed by atoms with Crippen molar-refractivity contribution in [2.75, 3.05) is 23.3 Å². The quantitative estimate of drug-likeness (QED) is 0.832. The van der Waals surface area contributed by atoms with Crippen LogP contribution in [0.3, 0.4) is 0 Å². The number of hydrogen-bond acceptors (Lipinski definition) is 4. The van der Waals surface area contributed by atoms with Crippen LogP contribution in [0.4, 0.5) is 24.8 Å². The second kappa shape index (κ2) is 8.00. The van der Waals surface area contributed by atoms with Gasteiger partial charge in [0.25, 0.3) is 0 Å². The molecular weight excluding hydrogens is 381 g/mol. The Balaban J connectivity index is 1.42. The van der Waals surface area contributed by atoms with Gasteiger partial charge in [-0.15, -0.1) is 0 Å². The van der Waals surface area contributed by atoms with Crippen molar-refractivity contribution in [2.24, 2.45) is 5.92 Å². The number of rotatable bonds is 3. The van der Waals surface area contributed by atoms with Crippen LogP contribution < -0.4 is 10.2 Å². The third kappa shape index (κ3) is 4.52. The van der Waals surface area contributed by atoms with E-state index in [2.05, 4.69) is 15.2 Å². The summed E-state index contributed by atoms with van der Waals surface area (Å²) in [5, 5.41) is 2.63. The maximum absolute atomic E-state index is 12.9. The van der Waals surface area contributed by atoms with Crippen molar-refractivity contribution >= 4 is 17.5 Å². The molecule has 154 valence electrons.